The Morgan fingerprint density at radius 2 is 2.11 bits per heavy atom. The van der Waals surface area contributed by atoms with Gasteiger partial charge in [0.15, 0.2) is 0 Å². The highest BCUT2D eigenvalue weighted by atomic mass is 32.2. The monoisotopic (exact) mass is 286 g/mol. The van der Waals surface area contributed by atoms with E-state index in [1.165, 1.54) is 12.1 Å². The van der Waals surface area contributed by atoms with Crippen molar-refractivity contribution in [2.75, 3.05) is 5.73 Å². The van der Waals surface area contributed by atoms with Gasteiger partial charge in [-0.1, -0.05) is 13.3 Å². The molecule has 0 radical (unpaired) electrons. The molecular formula is C12H18N2O4S. The number of nitrogens with two attached hydrogens (primary N) is 1. The van der Waals surface area contributed by atoms with Crippen molar-refractivity contribution in [3.8, 4) is 0 Å². The molecule has 1 unspecified atom stereocenters. The number of nitrogen functional groups attached to an aromatic ring is 1. The van der Waals surface area contributed by atoms with Crippen LogP contribution in [0.4, 0.5) is 5.69 Å². The second-order valence-corrected chi connectivity index (χ2v) is 6.05. The molecular weight excluding hydrogens is 268 g/mol. The van der Waals surface area contributed by atoms with Crippen molar-refractivity contribution in [3.63, 3.8) is 0 Å². The van der Waals surface area contributed by atoms with Gasteiger partial charge in [-0.15, -0.1) is 0 Å². The van der Waals surface area contributed by atoms with E-state index in [1.807, 2.05) is 6.92 Å². The largest absolute Gasteiger partial charge is 0.478 e. The summed E-state index contributed by atoms with van der Waals surface area (Å²) in [4.78, 5) is 10.8. The van der Waals surface area contributed by atoms with Gasteiger partial charge in [0.25, 0.3) is 0 Å². The highest BCUT2D eigenvalue weighted by Gasteiger charge is 2.23. The number of hydrogen-bond donors (Lipinski definition) is 3. The molecule has 0 aliphatic rings. The maximum Gasteiger partial charge on any atom is 0.337 e. The zero-order valence-electron chi connectivity index (χ0n) is 10.9. The summed E-state index contributed by atoms with van der Waals surface area (Å²) in [6.45, 7) is 3.67. The summed E-state index contributed by atoms with van der Waals surface area (Å²) in [5, 5.41) is 9.02. The fourth-order valence-electron chi connectivity index (χ4n) is 1.76. The molecule has 0 spiro atoms. The van der Waals surface area contributed by atoms with E-state index >= 15 is 0 Å². The summed E-state index contributed by atoms with van der Waals surface area (Å²) in [6.07, 6.45) is 1.50. The van der Waals surface area contributed by atoms with Gasteiger partial charge in [-0.3, -0.25) is 0 Å². The molecule has 0 saturated carbocycles. The Bertz CT molecular complexity index is 569. The molecule has 0 saturated heterocycles. The molecule has 6 nitrogen and oxygen atoms in total. The minimum absolute atomic E-state index is 0.202. The van der Waals surface area contributed by atoms with Crippen molar-refractivity contribution in [1.29, 1.82) is 0 Å². The predicted molar refractivity (Wildman–Crippen MR) is 72.5 cm³/mol. The van der Waals surface area contributed by atoms with Crippen molar-refractivity contribution < 1.29 is 18.3 Å². The SMILES string of the molecule is CCCC(C)NS(=O)(=O)c1cc(N)ccc1C(=O)O. The molecule has 0 amide bonds. The Morgan fingerprint density at radius 3 is 2.63 bits per heavy atom. The number of benzene rings is 1. The van der Waals surface area contributed by atoms with Gasteiger partial charge in [-0.2, -0.15) is 0 Å². The van der Waals surface area contributed by atoms with Crippen molar-refractivity contribution in [2.45, 2.75) is 37.6 Å². The molecule has 1 aromatic carbocycles. The summed E-state index contributed by atoms with van der Waals surface area (Å²) >= 11 is 0. The van der Waals surface area contributed by atoms with Gasteiger partial charge in [0, 0.05) is 11.7 Å². The summed E-state index contributed by atoms with van der Waals surface area (Å²) < 4.78 is 26.8. The molecule has 0 heterocycles. The maximum atomic E-state index is 12.2. The summed E-state index contributed by atoms with van der Waals surface area (Å²) in [6, 6.07) is 3.44. The number of carboxylic acids is 1. The minimum atomic E-state index is -3.89. The number of rotatable bonds is 6. The number of carbonyl (C=O) groups is 1. The topological polar surface area (TPSA) is 109 Å². The summed E-state index contributed by atoms with van der Waals surface area (Å²) in [5.41, 5.74) is 5.44. The van der Waals surface area contributed by atoms with Crippen LogP contribution in [0.5, 0.6) is 0 Å². The average Bonchev–Trinajstić information content (AvgIpc) is 2.27. The Hall–Kier alpha value is -1.60. The molecule has 4 N–H and O–H groups in total. The Labute approximate surface area is 112 Å². The number of hydrogen-bond acceptors (Lipinski definition) is 4. The minimum Gasteiger partial charge on any atom is -0.478 e. The molecule has 0 aliphatic carbocycles. The van der Waals surface area contributed by atoms with Gasteiger partial charge in [0.1, 0.15) is 0 Å². The second-order valence-electron chi connectivity index (χ2n) is 4.37. The van der Waals surface area contributed by atoms with Crippen LogP contribution < -0.4 is 10.5 Å². The molecule has 1 aromatic rings. The fraction of sp³-hybridized carbons (Fsp3) is 0.417. The van der Waals surface area contributed by atoms with Crippen molar-refractivity contribution >= 4 is 21.7 Å². The highest BCUT2D eigenvalue weighted by molar-refractivity contribution is 7.89. The van der Waals surface area contributed by atoms with Crippen molar-refractivity contribution in [2.24, 2.45) is 0 Å². The van der Waals surface area contributed by atoms with Crippen LogP contribution in [0.2, 0.25) is 0 Å². The number of sulfonamides is 1. The lowest BCUT2D eigenvalue weighted by molar-refractivity contribution is 0.0692. The lowest BCUT2D eigenvalue weighted by Crippen LogP contribution is -2.33. The van der Waals surface area contributed by atoms with Crippen LogP contribution in [0.1, 0.15) is 37.0 Å². The molecule has 0 aliphatic heterocycles. The van der Waals surface area contributed by atoms with E-state index in [2.05, 4.69) is 4.72 Å². The number of nitrogens with one attached hydrogen (secondary N) is 1. The van der Waals surface area contributed by atoms with Crippen molar-refractivity contribution in [1.82, 2.24) is 4.72 Å². The van der Waals surface area contributed by atoms with E-state index in [0.29, 0.717) is 6.42 Å². The molecule has 1 rings (SSSR count). The second kappa shape index (κ2) is 6.03. The van der Waals surface area contributed by atoms with Crippen LogP contribution >= 0.6 is 0 Å². The van der Waals surface area contributed by atoms with E-state index in [-0.39, 0.29) is 22.2 Å². The Morgan fingerprint density at radius 1 is 1.47 bits per heavy atom. The zero-order chi connectivity index (χ0) is 14.6. The van der Waals surface area contributed by atoms with Crippen LogP contribution in [-0.2, 0) is 10.0 Å². The molecule has 0 fully saturated rings. The third-order valence-electron chi connectivity index (χ3n) is 2.60. The van der Waals surface area contributed by atoms with Crippen LogP contribution in [0.25, 0.3) is 0 Å². The van der Waals surface area contributed by atoms with E-state index < -0.39 is 16.0 Å². The average molecular weight is 286 g/mol. The van der Waals surface area contributed by atoms with Gasteiger partial charge in [-0.05, 0) is 31.5 Å². The molecule has 0 aromatic heterocycles. The smallest absolute Gasteiger partial charge is 0.337 e. The number of carboxylic acid groups (broad SMARTS) is 1. The fourth-order valence-corrected chi connectivity index (χ4v) is 3.27. The van der Waals surface area contributed by atoms with Gasteiger partial charge in [0.05, 0.1) is 10.5 Å². The highest BCUT2D eigenvalue weighted by Crippen LogP contribution is 2.20. The van der Waals surface area contributed by atoms with Gasteiger partial charge in [-0.25, -0.2) is 17.9 Å². The first kappa shape index (κ1) is 15.5. The van der Waals surface area contributed by atoms with E-state index in [0.717, 1.165) is 12.5 Å². The van der Waals surface area contributed by atoms with E-state index in [4.69, 9.17) is 10.8 Å². The first-order chi connectivity index (χ1) is 8.77. The predicted octanol–water partition coefficient (Wildman–Crippen LogP) is 1.43. The van der Waals surface area contributed by atoms with Gasteiger partial charge < -0.3 is 10.8 Å². The molecule has 106 valence electrons. The van der Waals surface area contributed by atoms with Crippen LogP contribution in [0.15, 0.2) is 23.1 Å². The molecule has 19 heavy (non-hydrogen) atoms. The first-order valence-corrected chi connectivity index (χ1v) is 7.41. The van der Waals surface area contributed by atoms with E-state index in [1.54, 1.807) is 6.92 Å². The number of aromatic carboxylic acids is 1. The van der Waals surface area contributed by atoms with E-state index in [9.17, 15) is 13.2 Å². The quantitative estimate of drug-likeness (QED) is 0.685. The summed E-state index contributed by atoms with van der Waals surface area (Å²) in [7, 11) is -3.89. The normalized spacial score (nSPS) is 13.2. The molecule has 0 bridgehead atoms. The molecule has 1 atom stereocenters. The third-order valence-corrected chi connectivity index (χ3v) is 4.23. The number of anilines is 1. The van der Waals surface area contributed by atoms with Crippen LogP contribution in [0, 0.1) is 0 Å². The first-order valence-electron chi connectivity index (χ1n) is 5.93. The lowest BCUT2D eigenvalue weighted by atomic mass is 10.2. The van der Waals surface area contributed by atoms with Crippen molar-refractivity contribution in [3.05, 3.63) is 23.8 Å². The molecule has 7 heteroatoms. The maximum absolute atomic E-state index is 12.2. The Kier molecular flexibility index (Phi) is 4.90. The van der Waals surface area contributed by atoms with Crippen LogP contribution in [0.3, 0.4) is 0 Å². The van der Waals surface area contributed by atoms with Gasteiger partial charge in [0.2, 0.25) is 10.0 Å². The summed E-state index contributed by atoms with van der Waals surface area (Å²) in [5.74, 6) is -1.30. The lowest BCUT2D eigenvalue weighted by Gasteiger charge is -2.15. The third kappa shape index (κ3) is 3.93. The van der Waals surface area contributed by atoms with Gasteiger partial charge >= 0.3 is 5.97 Å². The standard InChI is InChI=1S/C12H18N2O4S/c1-3-4-8(2)14-19(17,18)11-7-9(13)5-6-10(11)12(15)16/h5-8,14H,3-4,13H2,1-2H3,(H,15,16). The Balaban J connectivity index is 3.20. The zero-order valence-corrected chi connectivity index (χ0v) is 11.7. The van der Waals surface area contributed by atoms with Crippen LogP contribution in [-0.4, -0.2) is 25.5 Å².